The van der Waals surface area contributed by atoms with Gasteiger partial charge in [-0.2, -0.15) is 26.3 Å². The van der Waals surface area contributed by atoms with E-state index >= 15 is 0 Å². The average Bonchev–Trinajstić information content (AvgIpc) is 2.83. The topological polar surface area (TPSA) is 50.4 Å². The monoisotopic (exact) mass is 510 g/mol. The van der Waals surface area contributed by atoms with Gasteiger partial charge in [-0.15, -0.1) is 0 Å². The predicted octanol–water partition coefficient (Wildman–Crippen LogP) is 5.34. The Hall–Kier alpha value is -3.03. The average molecular weight is 510 g/mol. The highest BCUT2D eigenvalue weighted by molar-refractivity contribution is 5.81. The van der Waals surface area contributed by atoms with Crippen molar-refractivity contribution in [3.63, 3.8) is 0 Å². The van der Waals surface area contributed by atoms with Crippen molar-refractivity contribution in [2.24, 2.45) is 0 Å². The van der Waals surface area contributed by atoms with Gasteiger partial charge in [-0.3, -0.25) is 4.79 Å². The van der Waals surface area contributed by atoms with Gasteiger partial charge in [0.1, 0.15) is 5.54 Å². The minimum absolute atomic E-state index is 0.0206. The van der Waals surface area contributed by atoms with E-state index in [-0.39, 0.29) is 30.6 Å². The van der Waals surface area contributed by atoms with Gasteiger partial charge in [-0.05, 0) is 49.1 Å². The van der Waals surface area contributed by atoms with Gasteiger partial charge in [-0.25, -0.2) is 0 Å². The number of carbonyl (C=O) groups is 1. The van der Waals surface area contributed by atoms with Crippen molar-refractivity contribution in [1.82, 2.24) is 10.6 Å². The Bertz CT molecular complexity index is 1140. The fraction of sp³-hybridized carbons (Fsp3) is 0.423. The van der Waals surface area contributed by atoms with Crippen LogP contribution in [0.3, 0.4) is 0 Å². The molecule has 36 heavy (non-hydrogen) atoms. The molecule has 2 aromatic carbocycles. The summed E-state index contributed by atoms with van der Waals surface area (Å²) < 4.78 is 85.7. The van der Waals surface area contributed by atoms with Crippen molar-refractivity contribution in [3.8, 4) is 11.8 Å². The van der Waals surface area contributed by atoms with E-state index in [1.807, 2.05) is 30.3 Å². The first kappa shape index (κ1) is 26.0. The lowest BCUT2D eigenvalue weighted by Gasteiger charge is -2.46. The van der Waals surface area contributed by atoms with Crippen molar-refractivity contribution >= 4 is 5.91 Å². The second-order valence-electron chi connectivity index (χ2n) is 9.20. The van der Waals surface area contributed by atoms with Crippen molar-refractivity contribution in [2.75, 3.05) is 13.2 Å². The molecular weight excluding hydrogens is 486 g/mol. The molecule has 2 aliphatic heterocycles. The quantitative estimate of drug-likeness (QED) is 0.422. The molecule has 1 spiro atoms. The third kappa shape index (κ3) is 5.52. The van der Waals surface area contributed by atoms with Gasteiger partial charge >= 0.3 is 12.4 Å². The highest BCUT2D eigenvalue weighted by atomic mass is 19.4. The number of piperidine rings is 1. The number of hydrogen-bond donors (Lipinski definition) is 2. The molecule has 4 rings (SSSR count). The number of hydrogen-bond acceptors (Lipinski definition) is 3. The molecule has 0 bridgehead atoms. The van der Waals surface area contributed by atoms with E-state index in [9.17, 15) is 31.1 Å². The maximum absolute atomic E-state index is 13.3. The molecular formula is C26H24F6N2O2. The van der Waals surface area contributed by atoms with Gasteiger partial charge in [0, 0.05) is 6.54 Å². The lowest BCUT2D eigenvalue weighted by molar-refractivity contribution is -0.143. The molecule has 1 amide bonds. The first-order valence-corrected chi connectivity index (χ1v) is 11.3. The summed E-state index contributed by atoms with van der Waals surface area (Å²) in [6.07, 6.45) is -9.84. The number of alkyl halides is 6. The van der Waals surface area contributed by atoms with E-state index in [0.29, 0.717) is 31.5 Å². The van der Waals surface area contributed by atoms with Gasteiger partial charge in [0.25, 0.3) is 0 Å². The van der Waals surface area contributed by atoms with E-state index in [1.54, 1.807) is 0 Å². The Labute approximate surface area is 204 Å². The molecule has 2 aliphatic rings. The van der Waals surface area contributed by atoms with E-state index in [2.05, 4.69) is 22.5 Å². The second-order valence-corrected chi connectivity index (χ2v) is 9.20. The summed E-state index contributed by atoms with van der Waals surface area (Å²) in [7, 11) is 0. The molecule has 192 valence electrons. The zero-order chi connectivity index (χ0) is 26.2. The van der Waals surface area contributed by atoms with Crippen LogP contribution in [0, 0.1) is 11.8 Å². The van der Waals surface area contributed by atoms with Crippen LogP contribution in [0.2, 0.25) is 0 Å². The highest BCUT2D eigenvalue weighted by Gasteiger charge is 2.45. The zero-order valence-electron chi connectivity index (χ0n) is 19.3. The molecule has 0 aliphatic carbocycles. The molecule has 4 nitrogen and oxygen atoms in total. The van der Waals surface area contributed by atoms with Crippen LogP contribution >= 0.6 is 0 Å². The van der Waals surface area contributed by atoms with E-state index < -0.39 is 40.7 Å². The number of amides is 1. The first-order valence-electron chi connectivity index (χ1n) is 11.3. The third-order valence-corrected chi connectivity index (χ3v) is 6.65. The largest absolute Gasteiger partial charge is 0.416 e. The number of nitrogens with one attached hydrogen (secondary N) is 2. The Balaban J connectivity index is 1.59. The summed E-state index contributed by atoms with van der Waals surface area (Å²) in [6.45, 7) is 1.71. The Kier molecular flexibility index (Phi) is 6.84. The van der Waals surface area contributed by atoms with Crippen LogP contribution in [0.1, 0.15) is 54.5 Å². The fourth-order valence-corrected chi connectivity index (χ4v) is 4.56. The van der Waals surface area contributed by atoms with Crippen LogP contribution in [-0.4, -0.2) is 24.6 Å². The maximum atomic E-state index is 13.3. The molecule has 0 saturated carbocycles. The molecule has 2 heterocycles. The maximum Gasteiger partial charge on any atom is 0.416 e. The molecule has 3 atom stereocenters. The predicted molar refractivity (Wildman–Crippen MR) is 119 cm³/mol. The van der Waals surface area contributed by atoms with Crippen molar-refractivity contribution in [1.29, 1.82) is 0 Å². The smallest absolute Gasteiger partial charge is 0.372 e. The molecule has 10 heteroatoms. The normalized spacial score (nSPS) is 25.1. The van der Waals surface area contributed by atoms with Crippen LogP contribution in [0.25, 0.3) is 0 Å². The third-order valence-electron chi connectivity index (χ3n) is 6.65. The number of benzene rings is 2. The van der Waals surface area contributed by atoms with Crippen LogP contribution in [0.5, 0.6) is 0 Å². The minimum Gasteiger partial charge on any atom is -0.372 e. The Morgan fingerprint density at radius 1 is 1.00 bits per heavy atom. The molecule has 0 radical (unpaired) electrons. The van der Waals surface area contributed by atoms with Crippen molar-refractivity contribution in [2.45, 2.75) is 55.7 Å². The van der Waals surface area contributed by atoms with Crippen LogP contribution in [-0.2, 0) is 27.4 Å². The molecule has 2 N–H and O–H groups in total. The summed E-state index contributed by atoms with van der Waals surface area (Å²) in [5.74, 6) is 5.77. The van der Waals surface area contributed by atoms with Gasteiger partial charge in [0.15, 0.2) is 0 Å². The number of carbonyl (C=O) groups excluding carboxylic acids is 1. The highest BCUT2D eigenvalue weighted by Crippen LogP contribution is 2.39. The summed E-state index contributed by atoms with van der Waals surface area (Å²) in [5.41, 5.74) is -3.66. The van der Waals surface area contributed by atoms with Crippen LogP contribution in [0.15, 0.2) is 48.5 Å². The standard InChI is InChI=1S/C26H24F6N2O2/c1-17(18-12-20(25(27,28)29)14-21(13-18)26(30,31)32)36-16-24(19-6-3-2-4-7-19)11-10-23(15-33-24)9-5-8-22(35)34-23/h2-4,6-7,12-14,17,33H,8,10-11,15-16H2,1H3,(H,34,35)/t17-,23-,24-/m1/s1. The summed E-state index contributed by atoms with van der Waals surface area (Å²) in [6, 6.07) is 10.7. The lowest BCUT2D eigenvalue weighted by Crippen LogP contribution is -2.64. The van der Waals surface area contributed by atoms with E-state index in [0.717, 1.165) is 5.56 Å². The lowest BCUT2D eigenvalue weighted by atomic mass is 9.76. The number of rotatable bonds is 5. The van der Waals surface area contributed by atoms with Crippen LogP contribution < -0.4 is 10.6 Å². The Morgan fingerprint density at radius 3 is 2.17 bits per heavy atom. The van der Waals surface area contributed by atoms with Gasteiger partial charge < -0.3 is 15.4 Å². The second kappa shape index (κ2) is 9.45. The van der Waals surface area contributed by atoms with Crippen LogP contribution in [0.4, 0.5) is 26.3 Å². The molecule has 0 unspecified atom stereocenters. The fourth-order valence-electron chi connectivity index (χ4n) is 4.56. The minimum atomic E-state index is -4.94. The SMILES string of the molecule is C[C@@H](OC[C@@]1(c2ccccc2)CC[C@]2(C#CCC(=O)N2)CN1)c1cc(C(F)(F)F)cc(C(F)(F)F)c1. The zero-order valence-corrected chi connectivity index (χ0v) is 19.3. The summed E-state index contributed by atoms with van der Waals surface area (Å²) in [4.78, 5) is 11.9. The summed E-state index contributed by atoms with van der Waals surface area (Å²) >= 11 is 0. The van der Waals surface area contributed by atoms with Gasteiger partial charge in [0.2, 0.25) is 5.91 Å². The van der Waals surface area contributed by atoms with Crippen molar-refractivity contribution in [3.05, 3.63) is 70.8 Å². The number of halogens is 6. The molecule has 1 saturated heterocycles. The van der Waals surface area contributed by atoms with Gasteiger partial charge in [-0.1, -0.05) is 42.2 Å². The van der Waals surface area contributed by atoms with E-state index in [1.165, 1.54) is 6.92 Å². The molecule has 0 aromatic heterocycles. The molecule has 2 aromatic rings. The van der Waals surface area contributed by atoms with Gasteiger partial charge in [0.05, 0.1) is 35.8 Å². The van der Waals surface area contributed by atoms with Crippen molar-refractivity contribution < 1.29 is 35.9 Å². The molecule has 1 fully saturated rings. The van der Waals surface area contributed by atoms with E-state index in [4.69, 9.17) is 4.74 Å². The first-order chi connectivity index (χ1) is 16.8. The number of ether oxygens (including phenoxy) is 1. The Morgan fingerprint density at radius 2 is 1.64 bits per heavy atom. The summed E-state index contributed by atoms with van der Waals surface area (Å²) in [5, 5.41) is 6.33.